The molecule has 0 unspecified atom stereocenters. The van der Waals surface area contributed by atoms with E-state index in [2.05, 4.69) is 9.97 Å². The fourth-order valence-corrected chi connectivity index (χ4v) is 2.87. The molecule has 1 N–H and O–H groups in total. The smallest absolute Gasteiger partial charge is 0.329 e. The standard InChI is InChI=1S/C19H16N4O2/c24-18-16-3-1-2-4-17(16)21-19(25)23(18)12-15-7-5-14(6-8-15)11-22-10-9-20-13-22/h1-10,13H,11-12H2,(H,21,25). The molecule has 2 heterocycles. The Balaban J connectivity index is 1.63. The molecule has 0 atom stereocenters. The minimum Gasteiger partial charge on any atom is -0.333 e. The lowest BCUT2D eigenvalue weighted by Crippen LogP contribution is -2.35. The van der Waals surface area contributed by atoms with E-state index in [4.69, 9.17) is 0 Å². The molecule has 0 aliphatic rings. The van der Waals surface area contributed by atoms with Gasteiger partial charge in [0, 0.05) is 18.9 Å². The van der Waals surface area contributed by atoms with Crippen LogP contribution in [-0.2, 0) is 13.1 Å². The highest BCUT2D eigenvalue weighted by Gasteiger charge is 2.07. The molecule has 0 radical (unpaired) electrons. The lowest BCUT2D eigenvalue weighted by Gasteiger charge is -2.08. The summed E-state index contributed by atoms with van der Waals surface area (Å²) in [5, 5.41) is 0.513. The number of benzene rings is 2. The summed E-state index contributed by atoms with van der Waals surface area (Å²) in [7, 11) is 0. The van der Waals surface area contributed by atoms with Crippen LogP contribution in [0.3, 0.4) is 0 Å². The van der Waals surface area contributed by atoms with Crippen molar-refractivity contribution in [1.82, 2.24) is 19.1 Å². The number of aromatic nitrogens is 4. The summed E-state index contributed by atoms with van der Waals surface area (Å²) in [4.78, 5) is 31.6. The summed E-state index contributed by atoms with van der Waals surface area (Å²) in [6, 6.07) is 14.9. The predicted octanol–water partition coefficient (Wildman–Crippen LogP) is 1.98. The number of nitrogens with zero attached hydrogens (tertiary/aromatic N) is 3. The molecule has 0 saturated heterocycles. The average Bonchev–Trinajstić information content (AvgIpc) is 3.13. The molecule has 124 valence electrons. The minimum atomic E-state index is -0.397. The maximum Gasteiger partial charge on any atom is 0.329 e. The number of rotatable bonds is 4. The Morgan fingerprint density at radius 1 is 0.920 bits per heavy atom. The van der Waals surface area contributed by atoms with Crippen LogP contribution in [-0.4, -0.2) is 19.1 Å². The summed E-state index contributed by atoms with van der Waals surface area (Å²) in [5.41, 5.74) is 1.91. The maximum atomic E-state index is 12.6. The fraction of sp³-hybridized carbons (Fsp3) is 0.105. The van der Waals surface area contributed by atoms with E-state index in [9.17, 15) is 9.59 Å². The molecule has 6 heteroatoms. The van der Waals surface area contributed by atoms with E-state index in [1.54, 1.807) is 36.8 Å². The number of H-pyrrole nitrogens is 1. The van der Waals surface area contributed by atoms with Crippen molar-refractivity contribution in [2.24, 2.45) is 0 Å². The second-order valence-electron chi connectivity index (χ2n) is 5.92. The monoisotopic (exact) mass is 332 g/mol. The van der Waals surface area contributed by atoms with Crippen LogP contribution in [0.4, 0.5) is 0 Å². The van der Waals surface area contributed by atoms with Crippen LogP contribution in [0.25, 0.3) is 10.9 Å². The maximum absolute atomic E-state index is 12.6. The van der Waals surface area contributed by atoms with Gasteiger partial charge in [0.2, 0.25) is 0 Å². The molecule has 4 rings (SSSR count). The topological polar surface area (TPSA) is 72.7 Å². The van der Waals surface area contributed by atoms with E-state index >= 15 is 0 Å². The molecule has 4 aromatic rings. The van der Waals surface area contributed by atoms with Crippen LogP contribution in [0, 0.1) is 0 Å². The van der Waals surface area contributed by atoms with Gasteiger partial charge in [0.15, 0.2) is 0 Å². The molecule has 2 aromatic heterocycles. The van der Waals surface area contributed by atoms with Gasteiger partial charge in [0.25, 0.3) is 5.56 Å². The summed E-state index contributed by atoms with van der Waals surface area (Å²) in [5.74, 6) is 0. The van der Waals surface area contributed by atoms with Crippen molar-refractivity contribution < 1.29 is 0 Å². The molecule has 0 fully saturated rings. The van der Waals surface area contributed by atoms with Crippen molar-refractivity contribution in [2.75, 3.05) is 0 Å². The number of aromatic amines is 1. The quantitative estimate of drug-likeness (QED) is 0.621. The zero-order chi connectivity index (χ0) is 17.2. The van der Waals surface area contributed by atoms with E-state index < -0.39 is 5.69 Å². The van der Waals surface area contributed by atoms with Crippen LogP contribution >= 0.6 is 0 Å². The number of nitrogens with one attached hydrogen (secondary N) is 1. The van der Waals surface area contributed by atoms with Crippen LogP contribution < -0.4 is 11.2 Å². The van der Waals surface area contributed by atoms with Gasteiger partial charge >= 0.3 is 5.69 Å². The van der Waals surface area contributed by atoms with Crippen molar-refractivity contribution >= 4 is 10.9 Å². The molecule has 0 bridgehead atoms. The zero-order valence-electron chi connectivity index (χ0n) is 13.4. The molecule has 2 aromatic carbocycles. The number of imidazole rings is 1. The summed E-state index contributed by atoms with van der Waals surface area (Å²) in [6.45, 7) is 0.973. The molecule has 6 nitrogen and oxygen atoms in total. The third kappa shape index (κ3) is 3.01. The Labute approximate surface area is 143 Å². The number of fused-ring (bicyclic) bond motifs is 1. The van der Waals surface area contributed by atoms with Gasteiger partial charge in [-0.25, -0.2) is 9.78 Å². The van der Waals surface area contributed by atoms with Crippen LogP contribution in [0.2, 0.25) is 0 Å². The minimum absolute atomic E-state index is 0.240. The highest BCUT2D eigenvalue weighted by Crippen LogP contribution is 2.08. The predicted molar refractivity (Wildman–Crippen MR) is 95.7 cm³/mol. The second kappa shape index (κ2) is 6.24. The Kier molecular flexibility index (Phi) is 3.78. The van der Waals surface area contributed by atoms with Gasteiger partial charge in [0.05, 0.1) is 23.8 Å². The Hall–Kier alpha value is -3.41. The van der Waals surface area contributed by atoms with Gasteiger partial charge in [-0.1, -0.05) is 36.4 Å². The van der Waals surface area contributed by atoms with Crippen molar-refractivity contribution in [1.29, 1.82) is 0 Å². The van der Waals surface area contributed by atoms with Gasteiger partial charge in [-0.05, 0) is 23.3 Å². The van der Waals surface area contributed by atoms with Crippen molar-refractivity contribution in [3.8, 4) is 0 Å². The van der Waals surface area contributed by atoms with E-state index in [0.717, 1.165) is 17.7 Å². The normalized spacial score (nSPS) is 11.0. The van der Waals surface area contributed by atoms with Crippen LogP contribution in [0.5, 0.6) is 0 Å². The highest BCUT2D eigenvalue weighted by atomic mass is 16.2. The van der Waals surface area contributed by atoms with Gasteiger partial charge < -0.3 is 9.55 Å². The third-order valence-electron chi connectivity index (χ3n) is 4.18. The van der Waals surface area contributed by atoms with Crippen molar-refractivity contribution in [3.05, 3.63) is 99.2 Å². The van der Waals surface area contributed by atoms with Crippen molar-refractivity contribution in [2.45, 2.75) is 13.1 Å². The Morgan fingerprint density at radius 2 is 1.64 bits per heavy atom. The van der Waals surface area contributed by atoms with Crippen LogP contribution in [0.15, 0.2) is 76.8 Å². The highest BCUT2D eigenvalue weighted by molar-refractivity contribution is 5.76. The first-order chi connectivity index (χ1) is 12.2. The van der Waals surface area contributed by atoms with E-state index in [1.807, 2.05) is 35.0 Å². The van der Waals surface area contributed by atoms with E-state index in [1.165, 1.54) is 4.57 Å². The van der Waals surface area contributed by atoms with Gasteiger partial charge in [-0.15, -0.1) is 0 Å². The first-order valence-corrected chi connectivity index (χ1v) is 7.96. The lowest BCUT2D eigenvalue weighted by molar-refractivity contribution is 0.710. The van der Waals surface area contributed by atoms with E-state index in [-0.39, 0.29) is 12.1 Å². The van der Waals surface area contributed by atoms with E-state index in [0.29, 0.717) is 10.9 Å². The molecule has 0 saturated carbocycles. The number of para-hydroxylation sites is 1. The summed E-state index contributed by atoms with van der Waals surface area (Å²) in [6.07, 6.45) is 5.41. The van der Waals surface area contributed by atoms with Gasteiger partial charge in [-0.3, -0.25) is 9.36 Å². The number of hydrogen-bond donors (Lipinski definition) is 1. The van der Waals surface area contributed by atoms with Gasteiger partial charge in [-0.2, -0.15) is 0 Å². The molecule has 0 aliphatic heterocycles. The number of hydrogen-bond acceptors (Lipinski definition) is 3. The molecule has 0 spiro atoms. The summed E-state index contributed by atoms with van der Waals surface area (Å²) >= 11 is 0. The first-order valence-electron chi connectivity index (χ1n) is 7.96. The van der Waals surface area contributed by atoms with Crippen molar-refractivity contribution in [3.63, 3.8) is 0 Å². The largest absolute Gasteiger partial charge is 0.333 e. The average molecular weight is 332 g/mol. The Morgan fingerprint density at radius 3 is 2.36 bits per heavy atom. The summed E-state index contributed by atoms with van der Waals surface area (Å²) < 4.78 is 3.21. The van der Waals surface area contributed by atoms with Gasteiger partial charge in [0.1, 0.15) is 0 Å². The Bertz CT molecular complexity index is 1120. The SMILES string of the molecule is O=c1[nH]c2ccccc2c(=O)n1Cc1ccc(Cn2ccnc2)cc1. The molecule has 0 amide bonds. The molecule has 25 heavy (non-hydrogen) atoms. The molecular weight excluding hydrogens is 316 g/mol. The lowest BCUT2D eigenvalue weighted by atomic mass is 10.1. The zero-order valence-corrected chi connectivity index (χ0v) is 13.4. The third-order valence-corrected chi connectivity index (χ3v) is 4.18. The first kappa shape index (κ1) is 15.1. The molecular formula is C19H16N4O2. The second-order valence-corrected chi connectivity index (χ2v) is 5.92. The van der Waals surface area contributed by atoms with Crippen LogP contribution in [0.1, 0.15) is 11.1 Å². The fourth-order valence-electron chi connectivity index (χ4n) is 2.87. The molecule has 0 aliphatic carbocycles.